The average molecular weight is 266 g/mol. The number of halogens is 1. The Balaban J connectivity index is 0.00000225. The Morgan fingerprint density at radius 3 is 2.69 bits per heavy atom. The Kier molecular flexibility index (Phi) is 6.90. The van der Waals surface area contributed by atoms with Gasteiger partial charge in [-0.2, -0.15) is 0 Å². The van der Waals surface area contributed by atoms with Crippen LogP contribution in [0.4, 0.5) is 0 Å². The van der Waals surface area contributed by atoms with Crippen molar-refractivity contribution in [2.75, 3.05) is 20.1 Å². The summed E-state index contributed by atoms with van der Waals surface area (Å²) >= 11 is 1.26. The molecule has 1 aromatic rings. The molecule has 0 amide bonds. The van der Waals surface area contributed by atoms with E-state index in [2.05, 4.69) is 11.8 Å². The van der Waals surface area contributed by atoms with E-state index in [9.17, 15) is 4.79 Å². The molecule has 4 nitrogen and oxygen atoms in total. The molecular weight excluding hydrogens is 246 g/mol. The van der Waals surface area contributed by atoms with Crippen LogP contribution < -0.4 is 10.6 Å². The summed E-state index contributed by atoms with van der Waals surface area (Å²) in [7, 11) is 2.03. The van der Waals surface area contributed by atoms with E-state index in [-0.39, 0.29) is 17.3 Å². The molecule has 2 N–H and O–H groups in total. The van der Waals surface area contributed by atoms with Gasteiger partial charge in [0.25, 0.3) is 0 Å². The third-order valence-corrected chi connectivity index (χ3v) is 3.63. The number of likely N-dealkylation sites (N-methyl/N-ethyl adjacent to an activating group) is 1. The van der Waals surface area contributed by atoms with Crippen LogP contribution in [-0.4, -0.2) is 35.6 Å². The van der Waals surface area contributed by atoms with Crippen molar-refractivity contribution in [1.82, 2.24) is 9.47 Å². The Bertz CT molecular complexity index is 363. The van der Waals surface area contributed by atoms with E-state index >= 15 is 0 Å². The van der Waals surface area contributed by atoms with Gasteiger partial charge in [-0.05, 0) is 20.9 Å². The van der Waals surface area contributed by atoms with Crippen LogP contribution in [0.3, 0.4) is 0 Å². The predicted octanol–water partition coefficient (Wildman–Crippen LogP) is 0.919. The van der Waals surface area contributed by atoms with Gasteiger partial charge < -0.3 is 15.2 Å². The molecule has 6 heteroatoms. The second-order valence-electron chi connectivity index (χ2n) is 3.86. The predicted molar refractivity (Wildman–Crippen MR) is 71.7 cm³/mol. The molecule has 0 aliphatic heterocycles. The van der Waals surface area contributed by atoms with E-state index in [1.165, 1.54) is 11.3 Å². The number of nitrogens with two attached hydrogens (primary N) is 1. The summed E-state index contributed by atoms with van der Waals surface area (Å²) < 4.78 is 1.81. The highest BCUT2D eigenvalue weighted by Crippen LogP contribution is 2.00. The molecule has 0 fully saturated rings. The van der Waals surface area contributed by atoms with Crippen molar-refractivity contribution in [3.8, 4) is 0 Å². The molecular formula is C10H20ClN3OS. The first-order valence-electron chi connectivity index (χ1n) is 5.11. The van der Waals surface area contributed by atoms with Crippen molar-refractivity contribution in [2.45, 2.75) is 26.4 Å². The van der Waals surface area contributed by atoms with Crippen molar-refractivity contribution >= 4 is 23.7 Å². The summed E-state index contributed by atoms with van der Waals surface area (Å²) in [6.07, 6.45) is 0. The molecule has 94 valence electrons. The number of aryl methyl sites for hydroxylation is 1. The highest BCUT2D eigenvalue weighted by Gasteiger charge is 2.08. The maximum Gasteiger partial charge on any atom is 0.307 e. The number of hydrogen-bond donors (Lipinski definition) is 1. The van der Waals surface area contributed by atoms with E-state index in [0.717, 1.165) is 18.8 Å². The zero-order chi connectivity index (χ0) is 11.4. The second kappa shape index (κ2) is 7.06. The molecule has 1 atom stereocenters. The van der Waals surface area contributed by atoms with Crippen LogP contribution in [-0.2, 0) is 6.54 Å². The summed E-state index contributed by atoms with van der Waals surface area (Å²) in [6, 6.07) is 0.361. The first-order valence-corrected chi connectivity index (χ1v) is 5.99. The van der Waals surface area contributed by atoms with Crippen molar-refractivity contribution in [2.24, 2.45) is 5.73 Å². The molecule has 1 aromatic heterocycles. The molecule has 1 heterocycles. The summed E-state index contributed by atoms with van der Waals surface area (Å²) in [5, 5.41) is 1.90. The van der Waals surface area contributed by atoms with Gasteiger partial charge in [-0.3, -0.25) is 4.79 Å². The van der Waals surface area contributed by atoms with Gasteiger partial charge in [0.1, 0.15) is 0 Å². The van der Waals surface area contributed by atoms with Crippen LogP contribution in [0.1, 0.15) is 12.6 Å². The number of nitrogens with zero attached hydrogens (tertiary/aromatic N) is 2. The first-order chi connectivity index (χ1) is 7.06. The monoisotopic (exact) mass is 265 g/mol. The fourth-order valence-corrected chi connectivity index (χ4v) is 2.09. The summed E-state index contributed by atoms with van der Waals surface area (Å²) in [6.45, 7) is 6.30. The van der Waals surface area contributed by atoms with Crippen molar-refractivity contribution in [1.29, 1.82) is 0 Å². The normalized spacial score (nSPS) is 12.6. The van der Waals surface area contributed by atoms with Crippen molar-refractivity contribution < 1.29 is 0 Å². The van der Waals surface area contributed by atoms with Crippen LogP contribution in [0.15, 0.2) is 10.2 Å². The SMILES string of the molecule is Cc1csc(=O)n1CCN(C)C(C)CN.Cl. The Morgan fingerprint density at radius 2 is 2.25 bits per heavy atom. The van der Waals surface area contributed by atoms with E-state index in [1.54, 1.807) is 0 Å². The van der Waals surface area contributed by atoms with Crippen LogP contribution in [0.2, 0.25) is 0 Å². The van der Waals surface area contributed by atoms with Gasteiger partial charge in [0.15, 0.2) is 0 Å². The van der Waals surface area contributed by atoms with Gasteiger partial charge in [0.2, 0.25) is 0 Å². The lowest BCUT2D eigenvalue weighted by Gasteiger charge is -2.23. The van der Waals surface area contributed by atoms with E-state index in [1.807, 2.05) is 23.9 Å². The smallest absolute Gasteiger partial charge is 0.307 e. The largest absolute Gasteiger partial charge is 0.329 e. The van der Waals surface area contributed by atoms with E-state index in [4.69, 9.17) is 5.73 Å². The molecule has 1 unspecified atom stereocenters. The minimum Gasteiger partial charge on any atom is -0.329 e. The highest BCUT2D eigenvalue weighted by molar-refractivity contribution is 7.07. The number of thiazole rings is 1. The maximum absolute atomic E-state index is 11.4. The molecule has 0 aliphatic carbocycles. The second-order valence-corrected chi connectivity index (χ2v) is 4.68. The highest BCUT2D eigenvalue weighted by atomic mass is 35.5. The number of rotatable bonds is 5. The standard InChI is InChI=1S/C10H19N3OS.ClH/c1-8(6-11)12(3)4-5-13-9(2)7-15-10(13)14;/h7-8H,4-6,11H2,1-3H3;1H. The van der Waals surface area contributed by atoms with Crippen LogP contribution in [0, 0.1) is 6.92 Å². The quantitative estimate of drug-likeness (QED) is 0.861. The Labute approximate surface area is 106 Å². The molecule has 0 saturated carbocycles. The van der Waals surface area contributed by atoms with Crippen LogP contribution in [0.25, 0.3) is 0 Å². The molecule has 0 saturated heterocycles. The van der Waals surface area contributed by atoms with Gasteiger partial charge >= 0.3 is 4.87 Å². The van der Waals surface area contributed by atoms with Gasteiger partial charge in [-0.25, -0.2) is 0 Å². The molecule has 0 bridgehead atoms. The average Bonchev–Trinajstić information content (AvgIpc) is 2.54. The molecule has 16 heavy (non-hydrogen) atoms. The van der Waals surface area contributed by atoms with Gasteiger partial charge in [-0.15, -0.1) is 12.4 Å². The van der Waals surface area contributed by atoms with Gasteiger partial charge in [0.05, 0.1) is 0 Å². The first kappa shape index (κ1) is 15.6. The van der Waals surface area contributed by atoms with Crippen LogP contribution >= 0.6 is 23.7 Å². The Hall–Kier alpha value is -0.360. The lowest BCUT2D eigenvalue weighted by molar-refractivity contribution is 0.251. The fourth-order valence-electron chi connectivity index (χ4n) is 1.33. The van der Waals surface area contributed by atoms with Gasteiger partial charge in [0, 0.05) is 36.8 Å². The summed E-state index contributed by atoms with van der Waals surface area (Å²) in [4.78, 5) is 13.7. The van der Waals surface area contributed by atoms with Crippen molar-refractivity contribution in [3.05, 3.63) is 20.7 Å². The summed E-state index contributed by atoms with van der Waals surface area (Å²) in [5.41, 5.74) is 6.61. The molecule has 0 radical (unpaired) electrons. The van der Waals surface area contributed by atoms with Gasteiger partial charge in [-0.1, -0.05) is 11.3 Å². The third-order valence-electron chi connectivity index (χ3n) is 2.75. The maximum atomic E-state index is 11.4. The fraction of sp³-hybridized carbons (Fsp3) is 0.700. The van der Waals surface area contributed by atoms with E-state index in [0.29, 0.717) is 12.6 Å². The molecule has 0 aromatic carbocycles. The minimum atomic E-state index is 0. The lowest BCUT2D eigenvalue weighted by atomic mass is 10.3. The lowest BCUT2D eigenvalue weighted by Crippen LogP contribution is -2.38. The number of hydrogen-bond acceptors (Lipinski definition) is 4. The topological polar surface area (TPSA) is 51.3 Å². The van der Waals surface area contributed by atoms with Crippen LogP contribution in [0.5, 0.6) is 0 Å². The molecule has 0 aliphatic rings. The van der Waals surface area contributed by atoms with E-state index < -0.39 is 0 Å². The zero-order valence-corrected chi connectivity index (χ0v) is 11.6. The third kappa shape index (κ3) is 3.90. The zero-order valence-electron chi connectivity index (χ0n) is 9.97. The molecule has 0 spiro atoms. The minimum absolute atomic E-state index is 0. The Morgan fingerprint density at radius 1 is 1.62 bits per heavy atom. The number of aromatic nitrogens is 1. The molecule has 1 rings (SSSR count). The summed E-state index contributed by atoms with van der Waals surface area (Å²) in [5.74, 6) is 0. The van der Waals surface area contributed by atoms with Crippen molar-refractivity contribution in [3.63, 3.8) is 0 Å².